The lowest BCUT2D eigenvalue weighted by atomic mass is 10.0. The standard InChI is InChI=1S/C16H24N2O/c1-2-19-16-9-7-15(8-10-16)18-11-3-4-14(12-18)17-13-5-6-13/h7-10,13-14,17H,2-6,11-12H2,1H3. The monoisotopic (exact) mass is 260 g/mol. The molecule has 1 unspecified atom stereocenters. The van der Waals surface area contributed by atoms with Crippen molar-refractivity contribution >= 4 is 5.69 Å². The number of anilines is 1. The van der Waals surface area contributed by atoms with Gasteiger partial charge in [-0.15, -0.1) is 0 Å². The van der Waals surface area contributed by atoms with Crippen LogP contribution in [0.4, 0.5) is 5.69 Å². The van der Waals surface area contributed by atoms with E-state index in [-0.39, 0.29) is 0 Å². The van der Waals surface area contributed by atoms with E-state index in [0.717, 1.165) is 24.9 Å². The Balaban J connectivity index is 1.60. The predicted molar refractivity (Wildman–Crippen MR) is 79.0 cm³/mol. The molecule has 0 radical (unpaired) electrons. The van der Waals surface area contributed by atoms with Crippen molar-refractivity contribution in [3.63, 3.8) is 0 Å². The average molecular weight is 260 g/mol. The van der Waals surface area contributed by atoms with Gasteiger partial charge in [0.2, 0.25) is 0 Å². The molecule has 2 aliphatic rings. The maximum Gasteiger partial charge on any atom is 0.119 e. The summed E-state index contributed by atoms with van der Waals surface area (Å²) in [5.41, 5.74) is 1.32. The molecular weight excluding hydrogens is 236 g/mol. The summed E-state index contributed by atoms with van der Waals surface area (Å²) in [7, 11) is 0. The molecular formula is C16H24N2O. The van der Waals surface area contributed by atoms with Gasteiger partial charge in [-0.1, -0.05) is 0 Å². The van der Waals surface area contributed by atoms with E-state index >= 15 is 0 Å². The van der Waals surface area contributed by atoms with Crippen molar-refractivity contribution in [2.75, 3.05) is 24.6 Å². The molecule has 1 aromatic rings. The van der Waals surface area contributed by atoms with Gasteiger partial charge < -0.3 is 15.0 Å². The Morgan fingerprint density at radius 3 is 2.63 bits per heavy atom. The highest BCUT2D eigenvalue weighted by Crippen LogP contribution is 2.25. The lowest BCUT2D eigenvalue weighted by molar-refractivity contribution is 0.340. The summed E-state index contributed by atoms with van der Waals surface area (Å²) in [6.45, 7) is 5.07. The van der Waals surface area contributed by atoms with Crippen molar-refractivity contribution in [1.82, 2.24) is 5.32 Å². The summed E-state index contributed by atoms with van der Waals surface area (Å²) < 4.78 is 5.50. The van der Waals surface area contributed by atoms with Crippen molar-refractivity contribution in [1.29, 1.82) is 0 Å². The number of rotatable bonds is 5. The van der Waals surface area contributed by atoms with Crippen LogP contribution in [0.3, 0.4) is 0 Å². The smallest absolute Gasteiger partial charge is 0.119 e. The molecule has 3 heteroatoms. The van der Waals surface area contributed by atoms with Crippen LogP contribution in [0.25, 0.3) is 0 Å². The zero-order valence-electron chi connectivity index (χ0n) is 11.8. The molecule has 2 fully saturated rings. The highest BCUT2D eigenvalue weighted by Gasteiger charge is 2.27. The second-order valence-corrected chi connectivity index (χ2v) is 5.65. The second-order valence-electron chi connectivity index (χ2n) is 5.65. The third-order valence-corrected chi connectivity index (χ3v) is 3.98. The van der Waals surface area contributed by atoms with E-state index in [1.165, 1.54) is 37.9 Å². The van der Waals surface area contributed by atoms with E-state index in [1.807, 2.05) is 6.92 Å². The number of ether oxygens (including phenoxy) is 1. The van der Waals surface area contributed by atoms with E-state index in [0.29, 0.717) is 6.04 Å². The largest absolute Gasteiger partial charge is 0.494 e. The molecule has 104 valence electrons. The van der Waals surface area contributed by atoms with E-state index in [2.05, 4.69) is 34.5 Å². The minimum Gasteiger partial charge on any atom is -0.494 e. The van der Waals surface area contributed by atoms with Crippen molar-refractivity contribution in [3.05, 3.63) is 24.3 Å². The van der Waals surface area contributed by atoms with Crippen molar-refractivity contribution in [3.8, 4) is 5.75 Å². The summed E-state index contributed by atoms with van der Waals surface area (Å²) in [4.78, 5) is 2.50. The summed E-state index contributed by atoms with van der Waals surface area (Å²) in [5.74, 6) is 0.968. The third-order valence-electron chi connectivity index (χ3n) is 3.98. The van der Waals surface area contributed by atoms with E-state index in [1.54, 1.807) is 0 Å². The first kappa shape index (κ1) is 12.8. The van der Waals surface area contributed by atoms with Gasteiger partial charge in [0.15, 0.2) is 0 Å². The molecule has 0 amide bonds. The summed E-state index contributed by atoms with van der Waals surface area (Å²) in [6, 6.07) is 10.0. The zero-order chi connectivity index (χ0) is 13.1. The SMILES string of the molecule is CCOc1ccc(N2CCCC(NC3CC3)C2)cc1. The fourth-order valence-electron chi connectivity index (χ4n) is 2.85. The number of nitrogens with one attached hydrogen (secondary N) is 1. The fourth-order valence-corrected chi connectivity index (χ4v) is 2.85. The summed E-state index contributed by atoms with van der Waals surface area (Å²) in [5, 5.41) is 3.76. The van der Waals surface area contributed by atoms with Gasteiger partial charge in [0.05, 0.1) is 6.61 Å². The molecule has 0 spiro atoms. The van der Waals surface area contributed by atoms with Crippen LogP contribution in [0, 0.1) is 0 Å². The van der Waals surface area contributed by atoms with E-state index < -0.39 is 0 Å². The first-order valence-electron chi connectivity index (χ1n) is 7.59. The predicted octanol–water partition coefficient (Wildman–Crippen LogP) is 2.81. The second kappa shape index (κ2) is 5.83. The molecule has 1 aromatic carbocycles. The topological polar surface area (TPSA) is 24.5 Å². The number of piperidine rings is 1. The van der Waals surface area contributed by atoms with Gasteiger partial charge in [0.25, 0.3) is 0 Å². The highest BCUT2D eigenvalue weighted by atomic mass is 16.5. The fraction of sp³-hybridized carbons (Fsp3) is 0.625. The molecule has 1 N–H and O–H groups in total. The molecule has 3 rings (SSSR count). The summed E-state index contributed by atoms with van der Waals surface area (Å²) >= 11 is 0. The first-order valence-corrected chi connectivity index (χ1v) is 7.59. The van der Waals surface area contributed by atoms with Crippen molar-refractivity contribution in [2.24, 2.45) is 0 Å². The molecule has 1 heterocycles. The van der Waals surface area contributed by atoms with Crippen LogP contribution >= 0.6 is 0 Å². The molecule has 1 aliphatic carbocycles. The Hall–Kier alpha value is -1.22. The Morgan fingerprint density at radius 2 is 1.95 bits per heavy atom. The van der Waals surface area contributed by atoms with Gasteiger partial charge in [0, 0.05) is 30.9 Å². The van der Waals surface area contributed by atoms with Crippen LogP contribution in [0.15, 0.2) is 24.3 Å². The Kier molecular flexibility index (Phi) is 3.92. The maximum atomic E-state index is 5.50. The molecule has 19 heavy (non-hydrogen) atoms. The number of hydrogen-bond acceptors (Lipinski definition) is 3. The number of hydrogen-bond donors (Lipinski definition) is 1. The summed E-state index contributed by atoms with van der Waals surface area (Å²) in [6.07, 6.45) is 5.36. The normalized spacial score (nSPS) is 23.4. The number of nitrogens with zero attached hydrogens (tertiary/aromatic N) is 1. The van der Waals surface area contributed by atoms with Crippen molar-refractivity contribution < 1.29 is 4.74 Å². The molecule has 1 aliphatic heterocycles. The first-order chi connectivity index (χ1) is 9.35. The van der Waals surface area contributed by atoms with Crippen LogP contribution in [0.5, 0.6) is 5.75 Å². The van der Waals surface area contributed by atoms with Gasteiger partial charge in [-0.3, -0.25) is 0 Å². The highest BCUT2D eigenvalue weighted by molar-refractivity contribution is 5.49. The van der Waals surface area contributed by atoms with Crippen LogP contribution in [-0.2, 0) is 0 Å². The molecule has 1 saturated heterocycles. The van der Waals surface area contributed by atoms with Gasteiger partial charge in [-0.25, -0.2) is 0 Å². The van der Waals surface area contributed by atoms with Crippen LogP contribution in [0.2, 0.25) is 0 Å². The lowest BCUT2D eigenvalue weighted by Gasteiger charge is -2.35. The zero-order valence-corrected chi connectivity index (χ0v) is 11.8. The quantitative estimate of drug-likeness (QED) is 0.881. The number of benzene rings is 1. The minimum atomic E-state index is 0.674. The van der Waals surface area contributed by atoms with Crippen LogP contribution < -0.4 is 15.0 Å². The Morgan fingerprint density at radius 1 is 1.16 bits per heavy atom. The molecule has 0 bridgehead atoms. The lowest BCUT2D eigenvalue weighted by Crippen LogP contribution is -2.46. The molecule has 3 nitrogen and oxygen atoms in total. The van der Waals surface area contributed by atoms with Gasteiger partial charge in [0.1, 0.15) is 5.75 Å². The van der Waals surface area contributed by atoms with Crippen LogP contribution in [-0.4, -0.2) is 31.8 Å². The third kappa shape index (κ3) is 3.41. The minimum absolute atomic E-state index is 0.674. The average Bonchev–Trinajstić information content (AvgIpc) is 3.24. The van der Waals surface area contributed by atoms with Gasteiger partial charge in [-0.2, -0.15) is 0 Å². The maximum absolute atomic E-state index is 5.50. The van der Waals surface area contributed by atoms with Gasteiger partial charge in [-0.05, 0) is 56.9 Å². The van der Waals surface area contributed by atoms with Gasteiger partial charge >= 0.3 is 0 Å². The molecule has 0 aromatic heterocycles. The van der Waals surface area contributed by atoms with Crippen molar-refractivity contribution in [2.45, 2.75) is 44.7 Å². The Labute approximate surface area is 115 Å². The van der Waals surface area contributed by atoms with E-state index in [4.69, 9.17) is 4.74 Å². The molecule has 1 saturated carbocycles. The Bertz CT molecular complexity index is 400. The van der Waals surface area contributed by atoms with Crippen LogP contribution in [0.1, 0.15) is 32.6 Å². The van der Waals surface area contributed by atoms with E-state index in [9.17, 15) is 0 Å². The molecule has 1 atom stereocenters.